The van der Waals surface area contributed by atoms with Gasteiger partial charge in [0.05, 0.1) is 23.9 Å². The third-order valence-corrected chi connectivity index (χ3v) is 4.04. The molecule has 1 fully saturated rings. The van der Waals surface area contributed by atoms with Crippen molar-refractivity contribution in [2.24, 2.45) is 0 Å². The first-order valence-electron chi connectivity index (χ1n) is 6.63. The van der Waals surface area contributed by atoms with Crippen molar-refractivity contribution in [3.8, 4) is 0 Å². The van der Waals surface area contributed by atoms with Crippen LogP contribution in [0.5, 0.6) is 0 Å². The highest BCUT2D eigenvalue weighted by molar-refractivity contribution is 5.87. The molecule has 5 heteroatoms. The molecule has 0 radical (unpaired) electrons. The minimum Gasteiger partial charge on any atom is -0.478 e. The highest BCUT2D eigenvalue weighted by Crippen LogP contribution is 2.42. The molecule has 1 aliphatic rings. The van der Waals surface area contributed by atoms with Crippen LogP contribution in [0.2, 0.25) is 0 Å². The number of hydrogen-bond acceptors (Lipinski definition) is 4. The number of rotatable bonds is 4. The van der Waals surface area contributed by atoms with Crippen molar-refractivity contribution in [1.29, 1.82) is 0 Å². The first-order chi connectivity index (χ1) is 9.28. The monoisotopic (exact) mass is 280 g/mol. The van der Waals surface area contributed by atoms with Crippen LogP contribution in [-0.2, 0) is 10.3 Å². The topological polar surface area (TPSA) is 87.0 Å². The molecule has 1 aliphatic heterocycles. The number of carboxylic acids is 1. The van der Waals surface area contributed by atoms with Crippen LogP contribution >= 0.6 is 0 Å². The van der Waals surface area contributed by atoms with E-state index in [9.17, 15) is 15.0 Å². The normalized spacial score (nSPS) is 29.1. The number of aliphatic hydroxyl groups excluding tert-OH is 1. The summed E-state index contributed by atoms with van der Waals surface area (Å²) in [5.74, 6) is -0.963. The molecule has 0 bridgehead atoms. The highest BCUT2D eigenvalue weighted by atomic mass is 16.5. The Kier molecular flexibility index (Phi) is 3.86. The van der Waals surface area contributed by atoms with E-state index in [-0.39, 0.29) is 12.2 Å². The van der Waals surface area contributed by atoms with E-state index in [2.05, 4.69) is 0 Å². The maximum atomic E-state index is 10.8. The minimum absolute atomic E-state index is 0.231. The molecule has 0 aliphatic carbocycles. The Hall–Kier alpha value is -1.43. The molecule has 1 aromatic carbocycles. The fourth-order valence-electron chi connectivity index (χ4n) is 2.56. The largest absolute Gasteiger partial charge is 0.478 e. The van der Waals surface area contributed by atoms with Gasteiger partial charge in [-0.05, 0) is 44.4 Å². The van der Waals surface area contributed by atoms with Crippen LogP contribution in [0.15, 0.2) is 24.3 Å². The molecule has 1 saturated heterocycles. The number of benzene rings is 1. The van der Waals surface area contributed by atoms with Gasteiger partial charge in [0, 0.05) is 0 Å². The molecule has 3 N–H and O–H groups in total. The van der Waals surface area contributed by atoms with Crippen molar-refractivity contribution in [2.75, 3.05) is 6.61 Å². The van der Waals surface area contributed by atoms with Crippen molar-refractivity contribution >= 4 is 5.97 Å². The average molecular weight is 280 g/mol. The Labute approximate surface area is 117 Å². The Bertz CT molecular complexity index is 493. The van der Waals surface area contributed by atoms with Crippen molar-refractivity contribution in [3.63, 3.8) is 0 Å². The van der Waals surface area contributed by atoms with Gasteiger partial charge < -0.3 is 20.1 Å². The Balaban J connectivity index is 2.18. The average Bonchev–Trinajstić information content (AvgIpc) is 2.83. The van der Waals surface area contributed by atoms with E-state index in [4.69, 9.17) is 9.84 Å². The van der Waals surface area contributed by atoms with E-state index in [1.807, 2.05) is 6.92 Å². The maximum absolute atomic E-state index is 10.8. The molecule has 5 nitrogen and oxygen atoms in total. The summed E-state index contributed by atoms with van der Waals surface area (Å²) in [5, 5.41) is 28.2. The summed E-state index contributed by atoms with van der Waals surface area (Å²) in [6.07, 6.45) is 0.919. The van der Waals surface area contributed by atoms with Crippen molar-refractivity contribution in [1.82, 2.24) is 0 Å². The minimum atomic E-state index is -1.27. The zero-order valence-electron chi connectivity index (χ0n) is 11.7. The summed E-state index contributed by atoms with van der Waals surface area (Å²) >= 11 is 0. The lowest BCUT2D eigenvalue weighted by Gasteiger charge is -2.31. The lowest BCUT2D eigenvalue weighted by atomic mass is 9.91. The second kappa shape index (κ2) is 5.16. The smallest absolute Gasteiger partial charge is 0.335 e. The van der Waals surface area contributed by atoms with Crippen molar-refractivity contribution in [3.05, 3.63) is 35.4 Å². The maximum Gasteiger partial charge on any atom is 0.335 e. The van der Waals surface area contributed by atoms with Crippen LogP contribution in [0.4, 0.5) is 0 Å². The molecule has 1 aromatic rings. The van der Waals surface area contributed by atoms with Gasteiger partial charge in [0.25, 0.3) is 0 Å². The summed E-state index contributed by atoms with van der Waals surface area (Å²) < 4.78 is 5.93. The van der Waals surface area contributed by atoms with Gasteiger partial charge in [-0.15, -0.1) is 0 Å². The van der Waals surface area contributed by atoms with Crippen LogP contribution in [0.1, 0.15) is 42.6 Å². The van der Waals surface area contributed by atoms with Crippen LogP contribution in [0, 0.1) is 0 Å². The van der Waals surface area contributed by atoms with Gasteiger partial charge in [0.15, 0.2) is 0 Å². The van der Waals surface area contributed by atoms with Crippen LogP contribution in [0.3, 0.4) is 0 Å². The summed E-state index contributed by atoms with van der Waals surface area (Å²) in [6, 6.07) is 6.56. The zero-order valence-corrected chi connectivity index (χ0v) is 11.7. The third-order valence-electron chi connectivity index (χ3n) is 4.04. The van der Waals surface area contributed by atoms with Crippen molar-refractivity contribution < 1.29 is 24.9 Å². The third kappa shape index (κ3) is 2.70. The molecule has 110 valence electrons. The molecule has 0 aromatic heterocycles. The number of aromatic carboxylic acids is 1. The first-order valence-corrected chi connectivity index (χ1v) is 6.63. The molecular formula is C15H20O5. The fourth-order valence-corrected chi connectivity index (χ4v) is 2.56. The molecule has 0 unspecified atom stereocenters. The molecular weight excluding hydrogens is 260 g/mol. The molecule has 2 rings (SSSR count). The number of hydrogen-bond donors (Lipinski definition) is 3. The predicted octanol–water partition coefficient (Wildman–Crippen LogP) is 1.52. The van der Waals surface area contributed by atoms with Crippen LogP contribution in [0.25, 0.3) is 0 Å². The summed E-state index contributed by atoms with van der Waals surface area (Å²) in [7, 11) is 0. The summed E-state index contributed by atoms with van der Waals surface area (Å²) in [5.41, 5.74) is -0.729. The van der Waals surface area contributed by atoms with Gasteiger partial charge in [-0.1, -0.05) is 12.1 Å². The Morgan fingerprint density at radius 2 is 2.05 bits per heavy atom. The van der Waals surface area contributed by atoms with Gasteiger partial charge in [-0.3, -0.25) is 0 Å². The summed E-state index contributed by atoms with van der Waals surface area (Å²) in [4.78, 5) is 10.8. The number of carboxylic acid groups (broad SMARTS) is 1. The summed E-state index contributed by atoms with van der Waals surface area (Å²) in [6.45, 7) is 3.11. The van der Waals surface area contributed by atoms with E-state index in [1.165, 1.54) is 0 Å². The lowest BCUT2D eigenvalue weighted by molar-refractivity contribution is -0.142. The quantitative estimate of drug-likeness (QED) is 0.778. The standard InChI is InChI=1S/C15H20O5/c1-14(19,9-16)12-7-8-15(2,20-12)11-5-3-10(4-6-11)13(17)18/h3-6,12,16,19H,7-9H2,1-2H3,(H,17,18)/t12-,14+,15-/m0/s1. The van der Waals surface area contributed by atoms with E-state index in [0.29, 0.717) is 12.8 Å². The number of ether oxygens (including phenoxy) is 1. The molecule has 0 saturated carbocycles. The van der Waals surface area contributed by atoms with E-state index < -0.39 is 23.3 Å². The first kappa shape index (κ1) is 15.0. The SMILES string of the molecule is C[C@@]1(c2ccc(C(=O)O)cc2)CC[C@@H]([C@](C)(O)CO)O1. The van der Waals surface area contributed by atoms with Gasteiger partial charge >= 0.3 is 5.97 Å². The lowest BCUT2D eigenvalue weighted by Crippen LogP contribution is -2.43. The zero-order chi connectivity index (χ0) is 15.0. The van der Waals surface area contributed by atoms with Gasteiger partial charge in [0.2, 0.25) is 0 Å². The Morgan fingerprint density at radius 3 is 2.55 bits per heavy atom. The number of carbonyl (C=O) groups is 1. The molecule has 1 heterocycles. The highest BCUT2D eigenvalue weighted by Gasteiger charge is 2.45. The van der Waals surface area contributed by atoms with E-state index in [0.717, 1.165) is 5.56 Å². The van der Waals surface area contributed by atoms with Crippen LogP contribution in [-0.4, -0.2) is 39.6 Å². The second-order valence-corrected chi connectivity index (χ2v) is 5.77. The van der Waals surface area contributed by atoms with Crippen LogP contribution < -0.4 is 0 Å². The fraction of sp³-hybridized carbons (Fsp3) is 0.533. The van der Waals surface area contributed by atoms with E-state index >= 15 is 0 Å². The Morgan fingerprint density at radius 1 is 1.45 bits per heavy atom. The predicted molar refractivity (Wildman–Crippen MR) is 72.6 cm³/mol. The molecule has 3 atom stereocenters. The molecule has 20 heavy (non-hydrogen) atoms. The van der Waals surface area contributed by atoms with E-state index in [1.54, 1.807) is 31.2 Å². The van der Waals surface area contributed by atoms with Gasteiger partial charge in [-0.25, -0.2) is 4.79 Å². The van der Waals surface area contributed by atoms with Gasteiger partial charge in [0.1, 0.15) is 5.60 Å². The van der Waals surface area contributed by atoms with Crippen molar-refractivity contribution in [2.45, 2.75) is 44.0 Å². The molecule has 0 amide bonds. The second-order valence-electron chi connectivity index (χ2n) is 5.77. The number of aliphatic hydroxyl groups is 2. The van der Waals surface area contributed by atoms with Gasteiger partial charge in [-0.2, -0.15) is 0 Å². The molecule has 0 spiro atoms.